The monoisotopic (exact) mass is 292 g/mol. The van der Waals surface area contributed by atoms with E-state index in [4.69, 9.17) is 11.6 Å². The summed E-state index contributed by atoms with van der Waals surface area (Å²) in [5, 5.41) is 9.68. The van der Waals surface area contributed by atoms with Gasteiger partial charge in [-0.1, -0.05) is 48.0 Å². The van der Waals surface area contributed by atoms with Gasteiger partial charge in [-0.2, -0.15) is 0 Å². The molecule has 0 aliphatic carbocycles. The molecule has 0 fully saturated rings. The standard InChI is InChI=1S/C17H18ClFO/c1-12-5-2-3-6-14(12)9-13(11-20)10-15-7-4-8-16(18)17(15)19/h2-8,13,20H,9-11H2,1H3. The maximum Gasteiger partial charge on any atom is 0.144 e. The first kappa shape index (κ1) is 15.0. The van der Waals surface area contributed by atoms with Gasteiger partial charge in [-0.3, -0.25) is 0 Å². The van der Waals surface area contributed by atoms with E-state index in [1.807, 2.05) is 31.2 Å². The number of aliphatic hydroxyl groups is 1. The number of aliphatic hydroxyl groups excluding tert-OH is 1. The second-order valence-electron chi connectivity index (χ2n) is 5.10. The summed E-state index contributed by atoms with van der Waals surface area (Å²) in [6, 6.07) is 13.1. The number of halogens is 2. The van der Waals surface area contributed by atoms with Crippen LogP contribution in [0.5, 0.6) is 0 Å². The highest BCUT2D eigenvalue weighted by Gasteiger charge is 2.14. The van der Waals surface area contributed by atoms with Crippen LogP contribution in [-0.4, -0.2) is 11.7 Å². The molecule has 0 spiro atoms. The molecule has 1 unspecified atom stereocenters. The van der Waals surface area contributed by atoms with Crippen LogP contribution in [-0.2, 0) is 12.8 Å². The van der Waals surface area contributed by atoms with E-state index in [2.05, 4.69) is 0 Å². The molecule has 2 rings (SSSR count). The zero-order valence-electron chi connectivity index (χ0n) is 11.4. The van der Waals surface area contributed by atoms with Crippen molar-refractivity contribution in [1.82, 2.24) is 0 Å². The van der Waals surface area contributed by atoms with E-state index < -0.39 is 0 Å². The van der Waals surface area contributed by atoms with Crippen molar-refractivity contribution in [3.63, 3.8) is 0 Å². The van der Waals surface area contributed by atoms with Crippen LogP contribution in [0.4, 0.5) is 4.39 Å². The lowest BCUT2D eigenvalue weighted by atomic mass is 9.91. The van der Waals surface area contributed by atoms with Gasteiger partial charge in [0.2, 0.25) is 0 Å². The lowest BCUT2D eigenvalue weighted by Gasteiger charge is -2.16. The highest BCUT2D eigenvalue weighted by atomic mass is 35.5. The largest absolute Gasteiger partial charge is 0.396 e. The minimum absolute atomic E-state index is 0.0101. The van der Waals surface area contributed by atoms with E-state index in [1.165, 1.54) is 17.2 Å². The van der Waals surface area contributed by atoms with E-state index in [9.17, 15) is 9.50 Å². The van der Waals surface area contributed by atoms with Gasteiger partial charge in [-0.15, -0.1) is 0 Å². The third-order valence-corrected chi connectivity index (χ3v) is 3.86. The molecular weight excluding hydrogens is 275 g/mol. The van der Waals surface area contributed by atoms with Gasteiger partial charge in [-0.05, 0) is 48.4 Å². The maximum absolute atomic E-state index is 13.9. The molecule has 0 saturated carbocycles. The average Bonchev–Trinajstić information content (AvgIpc) is 2.45. The van der Waals surface area contributed by atoms with Crippen LogP contribution in [0.1, 0.15) is 16.7 Å². The minimum atomic E-state index is -0.377. The van der Waals surface area contributed by atoms with Crippen LogP contribution in [0.25, 0.3) is 0 Å². The third-order valence-electron chi connectivity index (χ3n) is 3.57. The molecule has 0 radical (unpaired) electrons. The Balaban J connectivity index is 2.14. The SMILES string of the molecule is Cc1ccccc1CC(CO)Cc1cccc(Cl)c1F. The summed E-state index contributed by atoms with van der Waals surface area (Å²) in [4.78, 5) is 0. The molecule has 0 aromatic heterocycles. The van der Waals surface area contributed by atoms with Gasteiger partial charge in [0.1, 0.15) is 5.82 Å². The normalized spacial score (nSPS) is 12.4. The van der Waals surface area contributed by atoms with Gasteiger partial charge >= 0.3 is 0 Å². The number of hydrogen-bond acceptors (Lipinski definition) is 1. The fourth-order valence-electron chi connectivity index (χ4n) is 2.37. The first-order valence-electron chi connectivity index (χ1n) is 6.70. The molecule has 0 aliphatic rings. The van der Waals surface area contributed by atoms with Crippen LogP contribution in [0.2, 0.25) is 5.02 Å². The summed E-state index contributed by atoms with van der Waals surface area (Å²) in [7, 11) is 0. The number of aryl methyl sites for hydroxylation is 1. The van der Waals surface area contributed by atoms with Gasteiger partial charge in [0.15, 0.2) is 0 Å². The summed E-state index contributed by atoms with van der Waals surface area (Å²) in [5.74, 6) is -0.388. The van der Waals surface area contributed by atoms with Gasteiger partial charge in [0, 0.05) is 6.61 Å². The highest BCUT2D eigenvalue weighted by molar-refractivity contribution is 6.30. The molecule has 0 amide bonds. The van der Waals surface area contributed by atoms with Crippen LogP contribution >= 0.6 is 11.6 Å². The predicted molar refractivity (Wildman–Crippen MR) is 80.6 cm³/mol. The Labute approximate surface area is 124 Å². The molecule has 3 heteroatoms. The summed E-state index contributed by atoms with van der Waals surface area (Å²) in [6.45, 7) is 2.07. The lowest BCUT2D eigenvalue weighted by molar-refractivity contribution is 0.224. The van der Waals surface area contributed by atoms with Crippen molar-refractivity contribution in [2.75, 3.05) is 6.61 Å². The molecule has 1 N–H and O–H groups in total. The Hall–Kier alpha value is -1.38. The topological polar surface area (TPSA) is 20.2 Å². The van der Waals surface area contributed by atoms with Crippen LogP contribution in [0.3, 0.4) is 0 Å². The van der Waals surface area contributed by atoms with Crippen molar-refractivity contribution >= 4 is 11.6 Å². The van der Waals surface area contributed by atoms with Crippen molar-refractivity contribution in [3.8, 4) is 0 Å². The van der Waals surface area contributed by atoms with Crippen molar-refractivity contribution in [2.45, 2.75) is 19.8 Å². The van der Waals surface area contributed by atoms with Gasteiger partial charge < -0.3 is 5.11 Å². The Morgan fingerprint density at radius 2 is 1.70 bits per heavy atom. The molecular formula is C17H18ClFO. The molecule has 0 aliphatic heterocycles. The van der Waals surface area contributed by atoms with E-state index in [0.29, 0.717) is 12.0 Å². The summed E-state index contributed by atoms with van der Waals surface area (Å²) in [6.07, 6.45) is 1.21. The first-order valence-corrected chi connectivity index (χ1v) is 7.08. The zero-order chi connectivity index (χ0) is 14.5. The zero-order valence-corrected chi connectivity index (χ0v) is 12.2. The van der Waals surface area contributed by atoms with E-state index in [1.54, 1.807) is 12.1 Å². The van der Waals surface area contributed by atoms with Crippen molar-refractivity contribution in [3.05, 3.63) is 70.0 Å². The minimum Gasteiger partial charge on any atom is -0.396 e. The molecule has 0 bridgehead atoms. The van der Waals surface area contributed by atoms with E-state index in [-0.39, 0.29) is 23.4 Å². The summed E-state index contributed by atoms with van der Waals surface area (Å²) in [5.41, 5.74) is 2.94. The summed E-state index contributed by atoms with van der Waals surface area (Å²) >= 11 is 5.79. The first-order chi connectivity index (χ1) is 9.61. The highest BCUT2D eigenvalue weighted by Crippen LogP contribution is 2.22. The van der Waals surface area contributed by atoms with Crippen molar-refractivity contribution < 1.29 is 9.50 Å². The number of benzene rings is 2. The van der Waals surface area contributed by atoms with Gasteiger partial charge in [-0.25, -0.2) is 4.39 Å². The molecule has 1 nitrogen and oxygen atoms in total. The Morgan fingerprint density at radius 3 is 2.40 bits per heavy atom. The van der Waals surface area contributed by atoms with Crippen molar-refractivity contribution in [2.24, 2.45) is 5.92 Å². The fourth-order valence-corrected chi connectivity index (χ4v) is 2.56. The Morgan fingerprint density at radius 1 is 1.05 bits per heavy atom. The van der Waals surface area contributed by atoms with Gasteiger partial charge in [0.05, 0.1) is 5.02 Å². The lowest BCUT2D eigenvalue weighted by Crippen LogP contribution is -2.14. The fraction of sp³-hybridized carbons (Fsp3) is 0.294. The number of hydrogen-bond donors (Lipinski definition) is 1. The molecule has 0 heterocycles. The quantitative estimate of drug-likeness (QED) is 0.876. The Kier molecular flexibility index (Phi) is 5.16. The Bertz CT molecular complexity index is 583. The molecule has 0 saturated heterocycles. The smallest absolute Gasteiger partial charge is 0.144 e. The van der Waals surface area contributed by atoms with Crippen LogP contribution in [0, 0.1) is 18.7 Å². The molecule has 2 aromatic carbocycles. The molecule has 2 aromatic rings. The molecule has 1 atom stereocenters. The second-order valence-corrected chi connectivity index (χ2v) is 5.50. The predicted octanol–water partition coefficient (Wildman–Crippen LogP) is 4.18. The van der Waals surface area contributed by atoms with E-state index >= 15 is 0 Å². The number of rotatable bonds is 5. The van der Waals surface area contributed by atoms with E-state index in [0.717, 1.165) is 6.42 Å². The van der Waals surface area contributed by atoms with Crippen molar-refractivity contribution in [1.29, 1.82) is 0 Å². The molecule has 20 heavy (non-hydrogen) atoms. The van der Waals surface area contributed by atoms with Crippen LogP contribution in [0.15, 0.2) is 42.5 Å². The third kappa shape index (κ3) is 3.59. The maximum atomic E-state index is 13.9. The van der Waals surface area contributed by atoms with Gasteiger partial charge in [0.25, 0.3) is 0 Å². The summed E-state index contributed by atoms with van der Waals surface area (Å²) < 4.78 is 13.9. The molecule has 106 valence electrons. The second kappa shape index (κ2) is 6.87. The van der Waals surface area contributed by atoms with Crippen LogP contribution < -0.4 is 0 Å². The average molecular weight is 293 g/mol.